The summed E-state index contributed by atoms with van der Waals surface area (Å²) in [6, 6.07) is 36.6. The molecule has 4 aromatic carbocycles. The smallest absolute Gasteiger partial charge is 0 e. The summed E-state index contributed by atoms with van der Waals surface area (Å²) in [6.45, 7) is -0.181. The zero-order valence-corrected chi connectivity index (χ0v) is 42.2. The maximum atomic E-state index is 10.7. The van der Waals surface area contributed by atoms with Gasteiger partial charge in [-0.15, -0.1) is 0 Å². The molecule has 295 valence electrons. The Morgan fingerprint density at radius 2 is 1.60 bits per heavy atom. The van der Waals surface area contributed by atoms with Gasteiger partial charge in [-0.25, -0.2) is 10.8 Å². The monoisotopic (exact) mass is 1080 g/mol. The molecular formula is C37H33B3Cl2I2N10Na2O4-. The molecular weight excluding hydrogens is 1050 g/mol. The van der Waals surface area contributed by atoms with Crippen LogP contribution in [0.2, 0.25) is 10.0 Å². The summed E-state index contributed by atoms with van der Waals surface area (Å²) in [5.41, 5.74) is 10.6. The van der Waals surface area contributed by atoms with Gasteiger partial charge in [0.05, 0.1) is 24.6 Å². The van der Waals surface area contributed by atoms with E-state index in [0.717, 1.165) is 33.8 Å². The number of benzene rings is 4. The van der Waals surface area contributed by atoms with Crippen LogP contribution in [-0.4, -0.2) is 99.4 Å². The number of carbonyl (C=O) groups excluding carboxylic acids is 2. The topological polar surface area (TPSA) is 223 Å². The Balaban J connectivity index is 0.000000428. The number of nitrogens with zero attached hydrogens (tertiary/aromatic N) is 5. The van der Waals surface area contributed by atoms with E-state index in [1.807, 2.05) is 97.1 Å². The normalized spacial score (nSPS) is 12.7. The van der Waals surface area contributed by atoms with Gasteiger partial charge in [0.2, 0.25) is 5.91 Å². The molecule has 5 radical (unpaired) electrons. The maximum Gasteiger partial charge on any atom is 1.00 e. The van der Waals surface area contributed by atoms with Crippen LogP contribution in [0.15, 0.2) is 120 Å². The first-order valence-corrected chi connectivity index (χ1v) is 25.1. The Hall–Kier alpha value is -2.72. The Kier molecular flexibility index (Phi) is 29.5. The van der Waals surface area contributed by atoms with Crippen LogP contribution in [0, 0.1) is 11.3 Å². The van der Waals surface area contributed by atoms with E-state index in [1.54, 1.807) is 12.4 Å². The van der Waals surface area contributed by atoms with Crippen LogP contribution in [-0.2, 0) is 27.3 Å². The Morgan fingerprint density at radius 3 is 2.15 bits per heavy atom. The number of hydrazone groups is 1. The molecule has 1 aliphatic rings. The molecule has 0 saturated heterocycles. The Morgan fingerprint density at radius 1 is 1.00 bits per heavy atom. The molecule has 6 aromatic rings. The van der Waals surface area contributed by atoms with Crippen molar-refractivity contribution in [3.63, 3.8) is 0 Å². The molecule has 0 saturated carbocycles. The summed E-state index contributed by atoms with van der Waals surface area (Å²) in [7, 11) is 10.2. The van der Waals surface area contributed by atoms with Gasteiger partial charge in [0.25, 0.3) is 6.47 Å². The van der Waals surface area contributed by atoms with Crippen molar-refractivity contribution in [1.82, 2.24) is 36.2 Å². The summed E-state index contributed by atoms with van der Waals surface area (Å²) >= 11 is 14.3. The van der Waals surface area contributed by atoms with Crippen molar-refractivity contribution in [3.8, 4) is 28.7 Å². The molecule has 2 unspecified atom stereocenters. The molecule has 2 aromatic heterocycles. The summed E-state index contributed by atoms with van der Waals surface area (Å²) in [5, 5.41) is 37.0. The third-order valence-electron chi connectivity index (χ3n) is 7.43. The number of aromatic nitrogens is 5. The van der Waals surface area contributed by atoms with E-state index >= 15 is 0 Å². The van der Waals surface area contributed by atoms with Gasteiger partial charge >= 0.3 is 85.0 Å². The number of amides is 1. The van der Waals surface area contributed by atoms with Crippen molar-refractivity contribution in [2.45, 2.75) is 24.8 Å². The fourth-order valence-electron chi connectivity index (χ4n) is 4.91. The number of H-pyrrole nitrogens is 2. The molecule has 0 aliphatic carbocycles. The SMILES string of the molecule is Clc1cccc(-c2cn[nH]c2-c2n[nH]c(Cc3ccccc3)n2)c1.N#CC1NN=CC1c1cccc(Cl)c1.NNC(=O)Cc1ccccc1.O=CO[O-].[B]B([B])[I-]I.[Na+].[Na]. The van der Waals surface area contributed by atoms with Gasteiger partial charge in [0, 0.05) is 57.8 Å². The van der Waals surface area contributed by atoms with Crippen LogP contribution in [0.25, 0.3) is 22.6 Å². The molecule has 3 heterocycles. The van der Waals surface area contributed by atoms with Crippen molar-refractivity contribution in [1.29, 1.82) is 5.26 Å². The summed E-state index contributed by atoms with van der Waals surface area (Å²) < 4.78 is -0.0191. The third kappa shape index (κ3) is 20.4. The molecule has 7 rings (SSSR count). The van der Waals surface area contributed by atoms with Gasteiger partial charge < -0.3 is 10.1 Å². The predicted molar refractivity (Wildman–Crippen MR) is 236 cm³/mol. The van der Waals surface area contributed by atoms with E-state index in [9.17, 15) is 4.79 Å². The van der Waals surface area contributed by atoms with Crippen LogP contribution in [0.3, 0.4) is 0 Å². The van der Waals surface area contributed by atoms with Crippen molar-refractivity contribution in [2.75, 3.05) is 0 Å². The fourth-order valence-corrected chi connectivity index (χ4v) is 5.30. The van der Waals surface area contributed by atoms with E-state index in [-0.39, 0.29) is 105 Å². The molecule has 14 nitrogen and oxygen atoms in total. The predicted octanol–water partition coefficient (Wildman–Crippen LogP) is -1.97. The maximum absolute atomic E-state index is 10.7. The number of carbonyl (C=O) groups is 2. The molecule has 1 aliphatic heterocycles. The first-order chi connectivity index (χ1) is 28.1. The number of hydrogen-bond acceptors (Lipinski definition) is 11. The van der Waals surface area contributed by atoms with Crippen molar-refractivity contribution in [3.05, 3.63) is 148 Å². The number of nitriles is 1. The van der Waals surface area contributed by atoms with Gasteiger partial charge in [0.1, 0.15) is 17.6 Å². The first kappa shape index (κ1) is 55.3. The second kappa shape index (κ2) is 32.0. The second-order valence-electron chi connectivity index (χ2n) is 11.5. The number of hydrazine groups is 1. The van der Waals surface area contributed by atoms with Crippen LogP contribution in [0.5, 0.6) is 0 Å². The number of aromatic amines is 2. The molecule has 0 spiro atoms. The number of nitrogens with one attached hydrogen (secondary N) is 4. The number of hydrogen-bond donors (Lipinski definition) is 5. The average Bonchev–Trinajstić information content (AvgIpc) is 4.04. The molecule has 60 heavy (non-hydrogen) atoms. The van der Waals surface area contributed by atoms with Crippen LogP contribution >= 0.6 is 41.8 Å². The molecule has 1 amide bonds. The standard InChI is InChI=1S/C18H14ClN5.C10H8ClN3.C8H10N2O.CH2O3.B3I2.2Na/c19-14-8-4-7-13(10-14)15-11-20-23-17(15)18-21-16(22-24-18)9-12-5-2-1-3-6-12;11-8-3-1-2-7(4-8)9-6-13-14-10(9)5-12;9-10-8(11)6-7-4-2-1-3-5-7;2-1-4-3;1-3(2)5-4;;/h1-8,10-11H,9H2,(H,20,23)(H,21,22,24);1-4,6,9-10,14H;1-5H,6,9H2,(H,10,11);1,3H;;;/q;;;;-1;;+1/p-1. The zero-order chi connectivity index (χ0) is 42.1. The molecule has 6 N–H and O–H groups in total. The van der Waals surface area contributed by atoms with Gasteiger partial charge in [0.15, 0.2) is 5.82 Å². The Bertz CT molecular complexity index is 2210. The first-order valence-electron chi connectivity index (χ1n) is 16.8. The number of rotatable bonds is 9. The Labute approximate surface area is 424 Å². The zero-order valence-electron chi connectivity index (χ0n) is 32.4. The van der Waals surface area contributed by atoms with E-state index in [4.69, 9.17) is 59.8 Å². The quantitative estimate of drug-likeness (QED) is 0.0205. The summed E-state index contributed by atoms with van der Waals surface area (Å²) in [5.74, 6) is 6.15. The summed E-state index contributed by atoms with van der Waals surface area (Å²) in [6.07, 6.45) is 4.54. The minimum atomic E-state index is -0.284. The van der Waals surface area contributed by atoms with E-state index < -0.39 is 0 Å². The van der Waals surface area contributed by atoms with E-state index in [0.29, 0.717) is 28.7 Å². The number of halogens is 4. The van der Waals surface area contributed by atoms with Gasteiger partial charge in [-0.3, -0.25) is 30.6 Å². The van der Waals surface area contributed by atoms with Crippen molar-refractivity contribution in [2.24, 2.45) is 10.9 Å². The second-order valence-corrected chi connectivity index (χ2v) is 17.4. The van der Waals surface area contributed by atoms with Crippen molar-refractivity contribution < 1.29 is 66.3 Å². The van der Waals surface area contributed by atoms with E-state index in [1.165, 1.54) is 5.56 Å². The largest absolute Gasteiger partial charge is 1.00 e. The average molecular weight is 1080 g/mol. The minimum absolute atomic E-state index is 0. The fraction of sp³-hybridized carbons (Fsp3) is 0.108. The molecule has 0 bridgehead atoms. The van der Waals surface area contributed by atoms with Gasteiger partial charge in [-0.1, -0.05) is 108 Å². The molecule has 23 heteroatoms. The summed E-state index contributed by atoms with van der Waals surface area (Å²) in [4.78, 5) is 26.6. The van der Waals surface area contributed by atoms with Crippen molar-refractivity contribution >= 4 is 110 Å². The minimum Gasteiger partial charge on any atom is 0 e. The van der Waals surface area contributed by atoms with E-state index in [2.05, 4.69) is 83.0 Å². The van der Waals surface area contributed by atoms with Gasteiger partial charge in [-0.05, 0) is 46.5 Å². The molecule has 0 fully saturated rings. The van der Waals surface area contributed by atoms with Crippen LogP contribution in [0.1, 0.15) is 28.4 Å². The molecule has 2 atom stereocenters. The van der Waals surface area contributed by atoms with Crippen LogP contribution in [0.4, 0.5) is 0 Å². The third-order valence-corrected chi connectivity index (χ3v) is 12.1. The van der Waals surface area contributed by atoms with Crippen LogP contribution < -0.4 is 68.5 Å². The number of nitrogens with two attached hydrogens (primary N) is 1. The van der Waals surface area contributed by atoms with Gasteiger partial charge in [-0.2, -0.15) is 20.6 Å².